The molecule has 0 spiro atoms. The quantitative estimate of drug-likeness (QED) is 0.719. The molecule has 1 saturated carbocycles. The zero-order valence-electron chi connectivity index (χ0n) is 16.0. The lowest BCUT2D eigenvalue weighted by Crippen LogP contribution is -2.30. The molecule has 0 aliphatic heterocycles. The maximum atomic E-state index is 12.6. The van der Waals surface area contributed by atoms with Gasteiger partial charge in [0.25, 0.3) is 0 Å². The molecule has 0 aromatic heterocycles. The van der Waals surface area contributed by atoms with Gasteiger partial charge in [-0.1, -0.05) is 5.57 Å². The Kier molecular flexibility index (Phi) is 6.69. The van der Waals surface area contributed by atoms with Crippen LogP contribution in [0.3, 0.4) is 0 Å². The van der Waals surface area contributed by atoms with Gasteiger partial charge in [-0.2, -0.15) is 5.26 Å². The van der Waals surface area contributed by atoms with Crippen LogP contribution in [0.25, 0.3) is 0 Å². The van der Waals surface area contributed by atoms with Crippen LogP contribution in [0.4, 0.5) is 18.9 Å². The minimum Gasteiger partial charge on any atom is -0.404 e. The Labute approximate surface area is 166 Å². The number of carbonyl (C=O) groups is 2. The minimum atomic E-state index is -4.98. The van der Waals surface area contributed by atoms with Crippen LogP contribution in [0.5, 0.6) is 5.75 Å². The molecule has 0 radical (unpaired) electrons. The number of allylic oxidation sites excluding steroid dienone is 1. The second kappa shape index (κ2) is 8.66. The lowest BCUT2D eigenvalue weighted by atomic mass is 9.83. The molecule has 1 amide bonds. The summed E-state index contributed by atoms with van der Waals surface area (Å²) in [5.41, 5.74) is -1.06. The topological polar surface area (TPSA) is 99.4 Å². The van der Waals surface area contributed by atoms with Gasteiger partial charge in [-0.15, -0.1) is 13.2 Å². The van der Waals surface area contributed by atoms with E-state index in [9.17, 15) is 27.9 Å². The summed E-state index contributed by atoms with van der Waals surface area (Å²) in [6, 6.07) is 5.06. The lowest BCUT2D eigenvalue weighted by molar-refractivity contribution is -0.274. The van der Waals surface area contributed by atoms with E-state index in [1.54, 1.807) is 6.07 Å². The van der Waals surface area contributed by atoms with Crippen molar-refractivity contribution in [1.29, 1.82) is 5.26 Å². The minimum absolute atomic E-state index is 0.0461. The fraction of sp³-hybridized carbons (Fsp3) is 0.450. The summed E-state index contributed by atoms with van der Waals surface area (Å²) in [7, 11) is 0. The molecule has 29 heavy (non-hydrogen) atoms. The van der Waals surface area contributed by atoms with Crippen molar-refractivity contribution in [3.63, 3.8) is 0 Å². The smallest absolute Gasteiger partial charge is 0.404 e. The van der Waals surface area contributed by atoms with E-state index in [1.807, 2.05) is 0 Å². The number of halogens is 3. The number of amides is 1. The van der Waals surface area contributed by atoms with E-state index in [4.69, 9.17) is 5.26 Å². The summed E-state index contributed by atoms with van der Waals surface area (Å²) in [4.78, 5) is 24.6. The molecule has 156 valence electrons. The molecule has 0 heterocycles. The van der Waals surface area contributed by atoms with Gasteiger partial charge in [-0.05, 0) is 57.7 Å². The van der Waals surface area contributed by atoms with Crippen molar-refractivity contribution in [3.05, 3.63) is 35.4 Å². The van der Waals surface area contributed by atoms with E-state index in [1.165, 1.54) is 32.1 Å². The first-order valence-electron chi connectivity index (χ1n) is 8.96. The molecule has 0 saturated heterocycles. The number of nitriles is 1. The van der Waals surface area contributed by atoms with Crippen LogP contribution < -0.4 is 10.1 Å². The van der Waals surface area contributed by atoms with Crippen LogP contribution in [0.15, 0.2) is 29.8 Å². The number of anilines is 1. The zero-order valence-corrected chi connectivity index (χ0v) is 16.0. The van der Waals surface area contributed by atoms with Crippen molar-refractivity contribution in [1.82, 2.24) is 0 Å². The Hall–Kier alpha value is -2.86. The standard InChI is InChI=1S/C20H21F3N2O4/c1-19(2,28)17(26)10-12-4-3-5-14(8-12)18(27)25-15-7-6-13(11-24)9-16(15)29-20(21,22)23/h6-7,9-10,14,28H,3-5,8H2,1-2H3,(H,25,27)/b12-10+/t14-/m1/s1. The SMILES string of the molecule is CC(C)(O)C(=O)/C=C1\CCC[C@@H](C(=O)Nc2ccc(C#N)cc2OC(F)(F)F)C1. The Morgan fingerprint density at radius 2 is 2.03 bits per heavy atom. The second-order valence-corrected chi connectivity index (χ2v) is 7.38. The second-order valence-electron chi connectivity index (χ2n) is 7.38. The van der Waals surface area contributed by atoms with Gasteiger partial charge in [-0.3, -0.25) is 9.59 Å². The molecular weight excluding hydrogens is 389 g/mol. The monoisotopic (exact) mass is 410 g/mol. The first kappa shape index (κ1) is 22.4. The fourth-order valence-corrected chi connectivity index (χ4v) is 2.95. The van der Waals surface area contributed by atoms with E-state index in [-0.39, 0.29) is 17.7 Å². The Bertz CT molecular complexity index is 864. The van der Waals surface area contributed by atoms with Gasteiger partial charge >= 0.3 is 6.36 Å². The summed E-state index contributed by atoms with van der Waals surface area (Å²) in [6.45, 7) is 2.74. The first-order chi connectivity index (χ1) is 13.4. The van der Waals surface area contributed by atoms with Gasteiger partial charge in [0.05, 0.1) is 17.3 Å². The van der Waals surface area contributed by atoms with Crippen LogP contribution in [0.1, 0.15) is 45.1 Å². The fourth-order valence-electron chi connectivity index (χ4n) is 2.95. The maximum Gasteiger partial charge on any atom is 0.573 e. The molecule has 1 aliphatic carbocycles. The molecule has 9 heteroatoms. The number of alkyl halides is 3. The highest BCUT2D eigenvalue weighted by molar-refractivity contribution is 5.97. The molecule has 1 fully saturated rings. The van der Waals surface area contributed by atoms with E-state index >= 15 is 0 Å². The predicted molar refractivity (Wildman–Crippen MR) is 97.8 cm³/mol. The maximum absolute atomic E-state index is 12.6. The van der Waals surface area contributed by atoms with Gasteiger partial charge in [0.1, 0.15) is 5.60 Å². The highest BCUT2D eigenvalue weighted by atomic mass is 19.4. The van der Waals surface area contributed by atoms with Gasteiger partial charge in [0.15, 0.2) is 11.5 Å². The molecule has 1 aromatic rings. The van der Waals surface area contributed by atoms with Crippen molar-refractivity contribution in [2.75, 3.05) is 5.32 Å². The third kappa shape index (κ3) is 6.61. The van der Waals surface area contributed by atoms with Crippen LogP contribution >= 0.6 is 0 Å². The van der Waals surface area contributed by atoms with E-state index < -0.39 is 35.3 Å². The molecule has 0 unspecified atom stereocenters. The molecule has 1 aliphatic rings. The number of hydrogen-bond donors (Lipinski definition) is 2. The zero-order chi connectivity index (χ0) is 21.8. The van der Waals surface area contributed by atoms with E-state index in [0.717, 1.165) is 6.07 Å². The van der Waals surface area contributed by atoms with Gasteiger partial charge in [0.2, 0.25) is 5.91 Å². The number of ketones is 1. The lowest BCUT2D eigenvalue weighted by Gasteiger charge is -2.24. The summed E-state index contributed by atoms with van der Waals surface area (Å²) in [6.07, 6.45) is -1.65. The largest absolute Gasteiger partial charge is 0.573 e. The van der Waals surface area contributed by atoms with Gasteiger partial charge in [-0.25, -0.2) is 0 Å². The summed E-state index contributed by atoms with van der Waals surface area (Å²) < 4.78 is 41.8. The van der Waals surface area contributed by atoms with Crippen LogP contribution in [0.2, 0.25) is 0 Å². The third-order valence-electron chi connectivity index (χ3n) is 4.46. The molecule has 2 N–H and O–H groups in total. The highest BCUT2D eigenvalue weighted by Gasteiger charge is 2.33. The predicted octanol–water partition coefficient (Wildman–Crippen LogP) is 3.85. The summed E-state index contributed by atoms with van der Waals surface area (Å²) in [5.74, 6) is -2.20. The number of carbonyl (C=O) groups excluding carboxylic acids is 2. The number of hydrogen-bond acceptors (Lipinski definition) is 5. The van der Waals surface area contributed by atoms with Crippen LogP contribution in [-0.2, 0) is 9.59 Å². The van der Waals surface area contributed by atoms with Crippen molar-refractivity contribution < 1.29 is 32.6 Å². The first-order valence-corrected chi connectivity index (χ1v) is 8.96. The van der Waals surface area contributed by atoms with Gasteiger partial charge in [0, 0.05) is 12.0 Å². The average molecular weight is 410 g/mol. The highest BCUT2D eigenvalue weighted by Crippen LogP contribution is 2.34. The number of benzene rings is 1. The molecule has 2 rings (SSSR count). The number of nitrogens with one attached hydrogen (secondary N) is 1. The number of ether oxygens (including phenoxy) is 1. The summed E-state index contributed by atoms with van der Waals surface area (Å²) in [5, 5.41) is 21.0. The Balaban J connectivity index is 2.16. The normalized spacial score (nSPS) is 18.8. The summed E-state index contributed by atoms with van der Waals surface area (Å²) >= 11 is 0. The van der Waals surface area contributed by atoms with Crippen LogP contribution in [-0.4, -0.2) is 28.8 Å². The Morgan fingerprint density at radius 1 is 1.34 bits per heavy atom. The van der Waals surface area contributed by atoms with Gasteiger partial charge < -0.3 is 15.2 Å². The van der Waals surface area contributed by atoms with Crippen molar-refractivity contribution in [3.8, 4) is 11.8 Å². The average Bonchev–Trinajstić information content (AvgIpc) is 2.61. The Morgan fingerprint density at radius 3 is 2.62 bits per heavy atom. The molecule has 1 aromatic carbocycles. The van der Waals surface area contributed by atoms with Crippen molar-refractivity contribution in [2.24, 2.45) is 5.92 Å². The van der Waals surface area contributed by atoms with Crippen LogP contribution in [0, 0.1) is 17.2 Å². The molecule has 6 nitrogen and oxygen atoms in total. The van der Waals surface area contributed by atoms with Crippen molar-refractivity contribution >= 4 is 17.4 Å². The molecule has 1 atom stereocenters. The third-order valence-corrected chi connectivity index (χ3v) is 4.46. The van der Waals surface area contributed by atoms with E-state index in [2.05, 4.69) is 10.1 Å². The molecular formula is C20H21F3N2O4. The van der Waals surface area contributed by atoms with E-state index in [0.29, 0.717) is 24.8 Å². The number of nitrogens with zero attached hydrogens (tertiary/aromatic N) is 1. The van der Waals surface area contributed by atoms with Crippen molar-refractivity contribution in [2.45, 2.75) is 51.5 Å². The molecule has 0 bridgehead atoms. The number of aliphatic hydroxyl groups is 1. The number of rotatable bonds is 5.